The van der Waals surface area contributed by atoms with Crippen LogP contribution in [-0.2, 0) is 14.3 Å². The molecule has 2 amide bonds. The highest BCUT2D eigenvalue weighted by atomic mass is 16.5. The molecule has 2 unspecified atom stereocenters. The van der Waals surface area contributed by atoms with Crippen molar-refractivity contribution in [2.24, 2.45) is 0 Å². The van der Waals surface area contributed by atoms with Gasteiger partial charge in [-0.15, -0.1) is 0 Å². The quantitative estimate of drug-likeness (QED) is 0.575. The molecular formula is C11H19N3O3. The first-order chi connectivity index (χ1) is 8.24. The third-order valence-corrected chi connectivity index (χ3v) is 3.06. The molecule has 3 N–H and O–H groups in total. The minimum atomic E-state index is 0.00847. The number of carbonyl (C=O) groups excluding carboxylic acids is 2. The zero-order chi connectivity index (χ0) is 12.1. The van der Waals surface area contributed by atoms with Gasteiger partial charge in [-0.05, 0) is 6.42 Å². The van der Waals surface area contributed by atoms with Crippen LogP contribution < -0.4 is 16.0 Å². The van der Waals surface area contributed by atoms with E-state index in [-0.39, 0.29) is 23.9 Å². The average molecular weight is 241 g/mol. The summed E-state index contributed by atoms with van der Waals surface area (Å²) in [6.07, 6.45) is 1.81. The number of carbonyl (C=O) groups is 2. The van der Waals surface area contributed by atoms with E-state index in [1.54, 1.807) is 0 Å². The van der Waals surface area contributed by atoms with E-state index in [0.717, 1.165) is 13.0 Å². The van der Waals surface area contributed by atoms with Gasteiger partial charge < -0.3 is 20.7 Å². The normalized spacial score (nSPS) is 28.8. The Morgan fingerprint density at radius 3 is 3.00 bits per heavy atom. The summed E-state index contributed by atoms with van der Waals surface area (Å²) in [5, 5.41) is 8.89. The summed E-state index contributed by atoms with van der Waals surface area (Å²) in [6.45, 7) is 2.63. The minimum Gasteiger partial charge on any atom is -0.378 e. The van der Waals surface area contributed by atoms with Crippen LogP contribution in [-0.4, -0.2) is 50.2 Å². The van der Waals surface area contributed by atoms with Crippen molar-refractivity contribution in [2.75, 3.05) is 26.3 Å². The van der Waals surface area contributed by atoms with Crippen molar-refractivity contribution in [2.45, 2.75) is 31.3 Å². The smallest absolute Gasteiger partial charge is 0.221 e. The minimum absolute atomic E-state index is 0.00847. The van der Waals surface area contributed by atoms with Gasteiger partial charge in [-0.3, -0.25) is 9.59 Å². The van der Waals surface area contributed by atoms with Gasteiger partial charge in [0.15, 0.2) is 0 Å². The molecule has 6 heteroatoms. The zero-order valence-electron chi connectivity index (χ0n) is 9.83. The van der Waals surface area contributed by atoms with Crippen molar-refractivity contribution < 1.29 is 14.3 Å². The summed E-state index contributed by atoms with van der Waals surface area (Å²) in [7, 11) is 0. The van der Waals surface area contributed by atoms with Gasteiger partial charge in [0.25, 0.3) is 0 Å². The Kier molecular flexibility index (Phi) is 4.33. The number of nitrogens with one attached hydrogen (secondary N) is 3. The predicted octanol–water partition coefficient (Wildman–Crippen LogP) is -1.24. The molecule has 17 heavy (non-hydrogen) atoms. The molecule has 0 bridgehead atoms. The molecule has 0 aromatic carbocycles. The van der Waals surface area contributed by atoms with Crippen LogP contribution in [0.1, 0.15) is 19.3 Å². The highest BCUT2D eigenvalue weighted by Gasteiger charge is 2.22. The summed E-state index contributed by atoms with van der Waals surface area (Å²) in [6, 6.07) is 0.212. The number of amides is 2. The largest absolute Gasteiger partial charge is 0.378 e. The summed E-state index contributed by atoms with van der Waals surface area (Å²) in [4.78, 5) is 22.6. The van der Waals surface area contributed by atoms with Gasteiger partial charge >= 0.3 is 0 Å². The van der Waals surface area contributed by atoms with E-state index in [9.17, 15) is 9.59 Å². The Morgan fingerprint density at radius 1 is 1.47 bits per heavy atom. The molecule has 2 rings (SSSR count). The molecule has 0 aromatic rings. The fraction of sp³-hybridized carbons (Fsp3) is 0.818. The van der Waals surface area contributed by atoms with Gasteiger partial charge in [0.1, 0.15) is 0 Å². The van der Waals surface area contributed by atoms with Crippen molar-refractivity contribution in [3.63, 3.8) is 0 Å². The van der Waals surface area contributed by atoms with Gasteiger partial charge in [-0.25, -0.2) is 0 Å². The van der Waals surface area contributed by atoms with E-state index in [2.05, 4.69) is 16.0 Å². The van der Waals surface area contributed by atoms with Crippen LogP contribution >= 0.6 is 0 Å². The number of rotatable bonds is 4. The maximum Gasteiger partial charge on any atom is 0.221 e. The second-order valence-electron chi connectivity index (χ2n) is 4.54. The molecule has 2 fully saturated rings. The molecule has 2 aliphatic rings. The maximum atomic E-state index is 11.6. The molecule has 2 atom stereocenters. The fourth-order valence-corrected chi connectivity index (χ4v) is 2.11. The molecule has 2 saturated heterocycles. The lowest BCUT2D eigenvalue weighted by Crippen LogP contribution is -2.45. The third kappa shape index (κ3) is 3.98. The van der Waals surface area contributed by atoms with Crippen LogP contribution in [0.3, 0.4) is 0 Å². The van der Waals surface area contributed by atoms with Crippen molar-refractivity contribution >= 4 is 11.8 Å². The summed E-state index contributed by atoms with van der Waals surface area (Å²) < 4.78 is 5.28. The Labute approximate surface area is 100 Å². The first-order valence-corrected chi connectivity index (χ1v) is 6.11. The van der Waals surface area contributed by atoms with Crippen LogP contribution in [0.25, 0.3) is 0 Å². The molecule has 0 radical (unpaired) electrons. The number of ether oxygens (including phenoxy) is 1. The van der Waals surface area contributed by atoms with E-state index in [4.69, 9.17) is 4.74 Å². The molecule has 0 spiro atoms. The standard InChI is InChI=1S/C11H19N3O3/c15-10-2-1-8(14-10)6-13-11(16)5-9-7-17-4-3-12-9/h8-9,12H,1-7H2,(H,13,16)(H,14,15). The van der Waals surface area contributed by atoms with Gasteiger partial charge in [-0.2, -0.15) is 0 Å². The molecule has 0 saturated carbocycles. The van der Waals surface area contributed by atoms with Crippen molar-refractivity contribution in [3.8, 4) is 0 Å². The first kappa shape index (κ1) is 12.3. The third-order valence-electron chi connectivity index (χ3n) is 3.06. The van der Waals surface area contributed by atoms with Crippen LogP contribution in [0.15, 0.2) is 0 Å². The Balaban J connectivity index is 1.61. The second kappa shape index (κ2) is 5.97. The van der Waals surface area contributed by atoms with Crippen molar-refractivity contribution in [3.05, 3.63) is 0 Å². The highest BCUT2D eigenvalue weighted by Crippen LogP contribution is 2.05. The molecule has 0 aliphatic carbocycles. The Morgan fingerprint density at radius 2 is 2.35 bits per heavy atom. The number of morpholine rings is 1. The summed E-state index contributed by atoms with van der Waals surface area (Å²) in [5.74, 6) is 0.0840. The van der Waals surface area contributed by atoms with E-state index < -0.39 is 0 Å². The van der Waals surface area contributed by atoms with Crippen LogP contribution in [0, 0.1) is 0 Å². The summed E-state index contributed by atoms with van der Waals surface area (Å²) in [5.41, 5.74) is 0. The molecule has 2 heterocycles. The second-order valence-corrected chi connectivity index (χ2v) is 4.54. The van der Waals surface area contributed by atoms with Gasteiger partial charge in [0, 0.05) is 38.0 Å². The van der Waals surface area contributed by atoms with Crippen molar-refractivity contribution in [1.29, 1.82) is 0 Å². The predicted molar refractivity (Wildman–Crippen MR) is 61.4 cm³/mol. The first-order valence-electron chi connectivity index (χ1n) is 6.11. The Bertz CT molecular complexity index is 290. The highest BCUT2D eigenvalue weighted by molar-refractivity contribution is 5.79. The van der Waals surface area contributed by atoms with Crippen LogP contribution in [0.4, 0.5) is 0 Å². The van der Waals surface area contributed by atoms with E-state index in [1.807, 2.05) is 0 Å². The lowest BCUT2D eigenvalue weighted by Gasteiger charge is -2.23. The number of hydrogen-bond donors (Lipinski definition) is 3. The molecule has 2 aliphatic heterocycles. The monoisotopic (exact) mass is 241 g/mol. The van der Waals surface area contributed by atoms with Crippen molar-refractivity contribution in [1.82, 2.24) is 16.0 Å². The fourth-order valence-electron chi connectivity index (χ4n) is 2.11. The summed E-state index contributed by atoms with van der Waals surface area (Å²) >= 11 is 0. The lowest BCUT2D eigenvalue weighted by atomic mass is 10.2. The van der Waals surface area contributed by atoms with Crippen LogP contribution in [0.5, 0.6) is 0 Å². The Hall–Kier alpha value is -1.14. The molecule has 6 nitrogen and oxygen atoms in total. The van der Waals surface area contributed by atoms with Gasteiger partial charge in [0.05, 0.1) is 13.2 Å². The topological polar surface area (TPSA) is 79.5 Å². The number of hydrogen-bond acceptors (Lipinski definition) is 4. The maximum absolute atomic E-state index is 11.6. The van der Waals surface area contributed by atoms with Gasteiger partial charge in [-0.1, -0.05) is 0 Å². The lowest BCUT2D eigenvalue weighted by molar-refractivity contribution is -0.123. The van der Waals surface area contributed by atoms with E-state index in [1.165, 1.54) is 0 Å². The average Bonchev–Trinajstić information content (AvgIpc) is 2.74. The van der Waals surface area contributed by atoms with E-state index >= 15 is 0 Å². The molecular weight excluding hydrogens is 222 g/mol. The SMILES string of the molecule is O=C(CC1COCCN1)NCC1CCC(=O)N1. The molecule has 0 aromatic heterocycles. The van der Waals surface area contributed by atoms with Gasteiger partial charge in [0.2, 0.25) is 11.8 Å². The van der Waals surface area contributed by atoms with Crippen LogP contribution in [0.2, 0.25) is 0 Å². The van der Waals surface area contributed by atoms with E-state index in [0.29, 0.717) is 32.6 Å². The zero-order valence-corrected chi connectivity index (χ0v) is 9.83. The molecule has 96 valence electrons.